The zero-order chi connectivity index (χ0) is 9.02. The molecule has 0 rings (SSSR count). The summed E-state index contributed by atoms with van der Waals surface area (Å²) in [4.78, 5) is 0. The highest BCUT2D eigenvalue weighted by molar-refractivity contribution is 14.1. The zero-order valence-electron chi connectivity index (χ0n) is 7.21. The lowest BCUT2D eigenvalue weighted by Crippen LogP contribution is -2.31. The monoisotopic (exact) mass is 309 g/mol. The van der Waals surface area contributed by atoms with Crippen molar-refractivity contribution < 1.29 is 2.85 Å². The molecular formula is C6H14ClINOP. The van der Waals surface area contributed by atoms with Crippen LogP contribution in [0.15, 0.2) is 0 Å². The molecule has 0 heterocycles. The third-order valence-corrected chi connectivity index (χ3v) is 5.25. The molecule has 0 aromatic rings. The first-order valence-electron chi connectivity index (χ1n) is 3.53. The Kier molecular flexibility index (Phi) is 6.66. The van der Waals surface area contributed by atoms with E-state index in [1.807, 2.05) is 23.0 Å². The maximum Gasteiger partial charge on any atom is 0.217 e. The minimum Gasteiger partial charge on any atom is -0.260 e. The van der Waals surface area contributed by atoms with Gasteiger partial charge in [0, 0.05) is 12.1 Å². The molecule has 0 aliphatic rings. The second-order valence-electron chi connectivity index (χ2n) is 2.86. The van der Waals surface area contributed by atoms with Gasteiger partial charge in [0.05, 0.1) is 0 Å². The fraction of sp³-hybridized carbons (Fsp3) is 1.00. The molecule has 0 spiro atoms. The fourth-order valence-corrected chi connectivity index (χ4v) is 3.45. The van der Waals surface area contributed by atoms with Crippen molar-refractivity contribution in [1.82, 2.24) is 4.67 Å². The lowest BCUT2D eigenvalue weighted by molar-refractivity contribution is 0.313. The van der Waals surface area contributed by atoms with Gasteiger partial charge in [0.15, 0.2) is 0 Å². The minimum atomic E-state index is -0.928. The summed E-state index contributed by atoms with van der Waals surface area (Å²) in [7, 11) is -0.928. The Labute approximate surface area is 89.0 Å². The second-order valence-corrected chi connectivity index (χ2v) is 5.96. The van der Waals surface area contributed by atoms with E-state index in [2.05, 4.69) is 32.4 Å². The number of rotatable bonds is 4. The molecule has 0 saturated heterocycles. The van der Waals surface area contributed by atoms with Crippen LogP contribution in [0.2, 0.25) is 0 Å². The van der Waals surface area contributed by atoms with Gasteiger partial charge in [-0.2, -0.15) is 0 Å². The molecule has 0 aliphatic carbocycles. The van der Waals surface area contributed by atoms with Gasteiger partial charge in [0.25, 0.3) is 0 Å². The van der Waals surface area contributed by atoms with Crippen molar-refractivity contribution in [1.29, 1.82) is 0 Å². The van der Waals surface area contributed by atoms with Gasteiger partial charge in [-0.05, 0) is 38.9 Å². The average Bonchev–Trinajstić information content (AvgIpc) is 1.85. The molecular weight excluding hydrogens is 295 g/mol. The van der Waals surface area contributed by atoms with Crippen LogP contribution in [0.5, 0.6) is 0 Å². The van der Waals surface area contributed by atoms with E-state index in [9.17, 15) is 0 Å². The van der Waals surface area contributed by atoms with Crippen LogP contribution in [0.3, 0.4) is 0 Å². The summed E-state index contributed by atoms with van der Waals surface area (Å²) in [6.45, 7) is 8.47. The van der Waals surface area contributed by atoms with Crippen molar-refractivity contribution in [3.05, 3.63) is 0 Å². The topological polar surface area (TPSA) is 12.5 Å². The summed E-state index contributed by atoms with van der Waals surface area (Å²) in [5.41, 5.74) is 0. The van der Waals surface area contributed by atoms with Crippen LogP contribution in [-0.2, 0) is 2.85 Å². The Bertz CT molecular complexity index is 107. The molecule has 11 heavy (non-hydrogen) atoms. The van der Waals surface area contributed by atoms with Crippen LogP contribution in [0.1, 0.15) is 27.7 Å². The summed E-state index contributed by atoms with van der Waals surface area (Å²) < 4.78 is 7.22. The fourth-order valence-electron chi connectivity index (χ4n) is 0.995. The van der Waals surface area contributed by atoms with Crippen molar-refractivity contribution in [2.45, 2.75) is 39.8 Å². The molecule has 0 bridgehead atoms. The largest absolute Gasteiger partial charge is 0.260 e. The third kappa shape index (κ3) is 4.23. The first-order chi connectivity index (χ1) is 5.00. The molecule has 2 nitrogen and oxygen atoms in total. The predicted octanol–water partition coefficient (Wildman–Crippen LogP) is 3.94. The Morgan fingerprint density at radius 3 is 1.73 bits per heavy atom. The quantitative estimate of drug-likeness (QED) is 0.576. The number of nitrogens with zero attached hydrogens (tertiary/aromatic N) is 1. The van der Waals surface area contributed by atoms with Gasteiger partial charge in [-0.1, -0.05) is 0 Å². The van der Waals surface area contributed by atoms with E-state index in [1.165, 1.54) is 0 Å². The molecule has 0 fully saturated rings. The van der Waals surface area contributed by atoms with E-state index in [0.29, 0.717) is 12.1 Å². The molecule has 0 amide bonds. The van der Waals surface area contributed by atoms with E-state index in [-0.39, 0.29) is 0 Å². The summed E-state index contributed by atoms with van der Waals surface area (Å²) in [5, 5.41) is 0. The normalized spacial score (nSPS) is 15.0. The van der Waals surface area contributed by atoms with Gasteiger partial charge in [-0.25, -0.2) is 4.67 Å². The highest BCUT2D eigenvalue weighted by Crippen LogP contribution is 2.50. The van der Waals surface area contributed by atoms with E-state index < -0.39 is 7.65 Å². The van der Waals surface area contributed by atoms with E-state index in [1.54, 1.807) is 0 Å². The zero-order valence-corrected chi connectivity index (χ0v) is 11.0. The van der Waals surface area contributed by atoms with Crippen LogP contribution in [0.25, 0.3) is 0 Å². The lowest BCUT2D eigenvalue weighted by Gasteiger charge is -2.31. The molecule has 0 aromatic heterocycles. The summed E-state index contributed by atoms with van der Waals surface area (Å²) >= 11 is 7.83. The predicted molar refractivity (Wildman–Crippen MR) is 60.0 cm³/mol. The van der Waals surface area contributed by atoms with Crippen molar-refractivity contribution in [2.75, 3.05) is 0 Å². The van der Waals surface area contributed by atoms with Crippen molar-refractivity contribution in [2.24, 2.45) is 0 Å². The molecule has 68 valence electrons. The molecule has 1 unspecified atom stereocenters. The van der Waals surface area contributed by atoms with Crippen molar-refractivity contribution in [3.63, 3.8) is 0 Å². The van der Waals surface area contributed by atoms with Gasteiger partial charge < -0.3 is 0 Å². The standard InChI is InChI=1S/C6H14ClINOP/c1-5(2)9(6(3)4)11(7)10-8/h5-6H,1-4H3. The summed E-state index contributed by atoms with van der Waals surface area (Å²) in [6.07, 6.45) is 0. The van der Waals surface area contributed by atoms with Crippen molar-refractivity contribution >= 4 is 41.9 Å². The van der Waals surface area contributed by atoms with Crippen LogP contribution >= 0.6 is 41.9 Å². The maximum atomic E-state index is 5.98. The maximum absolute atomic E-state index is 5.98. The highest BCUT2D eigenvalue weighted by atomic mass is 127. The van der Waals surface area contributed by atoms with Gasteiger partial charge in [0.1, 0.15) is 23.0 Å². The summed E-state index contributed by atoms with van der Waals surface area (Å²) in [5.74, 6) is 0. The summed E-state index contributed by atoms with van der Waals surface area (Å²) in [6, 6.07) is 0.877. The molecule has 0 saturated carbocycles. The van der Waals surface area contributed by atoms with E-state index in [4.69, 9.17) is 14.1 Å². The van der Waals surface area contributed by atoms with Crippen molar-refractivity contribution in [3.8, 4) is 0 Å². The minimum absolute atomic E-state index is 0.438. The Balaban J connectivity index is 4.09. The third-order valence-electron chi connectivity index (χ3n) is 1.30. The Morgan fingerprint density at radius 2 is 1.64 bits per heavy atom. The first kappa shape index (κ1) is 12.4. The number of hydrogen-bond donors (Lipinski definition) is 0. The van der Waals surface area contributed by atoms with Crippen LogP contribution in [-0.4, -0.2) is 16.8 Å². The SMILES string of the molecule is CC(C)N(C(C)C)P(Cl)OI. The first-order valence-corrected chi connectivity index (χ1v) is 6.53. The van der Waals surface area contributed by atoms with E-state index >= 15 is 0 Å². The Morgan fingerprint density at radius 1 is 1.27 bits per heavy atom. The van der Waals surface area contributed by atoms with Crippen LogP contribution in [0, 0.1) is 0 Å². The van der Waals surface area contributed by atoms with E-state index in [0.717, 1.165) is 0 Å². The second kappa shape index (κ2) is 5.92. The highest BCUT2D eigenvalue weighted by Gasteiger charge is 2.22. The van der Waals surface area contributed by atoms with Gasteiger partial charge in [0.2, 0.25) is 7.65 Å². The van der Waals surface area contributed by atoms with Crippen LogP contribution in [0.4, 0.5) is 0 Å². The molecule has 0 N–H and O–H groups in total. The molecule has 0 aromatic carbocycles. The molecule has 1 atom stereocenters. The smallest absolute Gasteiger partial charge is 0.217 e. The van der Waals surface area contributed by atoms with Gasteiger partial charge in [-0.15, -0.1) is 0 Å². The number of halogens is 2. The van der Waals surface area contributed by atoms with Crippen LogP contribution < -0.4 is 0 Å². The molecule has 5 heteroatoms. The van der Waals surface area contributed by atoms with Gasteiger partial charge in [-0.3, -0.25) is 2.85 Å². The molecule has 0 aliphatic heterocycles. The number of hydrogen-bond acceptors (Lipinski definition) is 2. The lowest BCUT2D eigenvalue weighted by atomic mass is 10.3. The average molecular weight is 310 g/mol. The molecule has 0 radical (unpaired) electrons. The van der Waals surface area contributed by atoms with Gasteiger partial charge >= 0.3 is 0 Å². The Hall–Kier alpha value is 1.37.